The molecule has 0 radical (unpaired) electrons. The summed E-state index contributed by atoms with van der Waals surface area (Å²) in [7, 11) is 0. The Morgan fingerprint density at radius 3 is 1.47 bits per heavy atom. The number of anilines is 2. The van der Waals surface area contributed by atoms with Gasteiger partial charge in [0, 0.05) is 59.6 Å². The van der Waals surface area contributed by atoms with Gasteiger partial charge in [-0.15, -0.1) is 0 Å². The molecule has 3 rings (SSSR count). The Balaban J connectivity index is 1.78. The van der Waals surface area contributed by atoms with Crippen molar-refractivity contribution in [2.24, 2.45) is 0 Å². The van der Waals surface area contributed by atoms with E-state index in [2.05, 4.69) is 21.3 Å². The van der Waals surface area contributed by atoms with Crippen LogP contribution in [0.4, 0.5) is 11.4 Å². The molecule has 0 unspecified atom stereocenters. The number of hydrogen-bond donors (Lipinski definition) is 4. The average molecular weight is 437 g/mol. The molecular formula is C24H28N4O4. The van der Waals surface area contributed by atoms with Crippen LogP contribution >= 0.6 is 0 Å². The Morgan fingerprint density at radius 1 is 0.656 bits per heavy atom. The van der Waals surface area contributed by atoms with Gasteiger partial charge >= 0.3 is 0 Å². The van der Waals surface area contributed by atoms with E-state index in [1.807, 2.05) is 13.8 Å². The van der Waals surface area contributed by atoms with Gasteiger partial charge in [-0.05, 0) is 49.5 Å². The van der Waals surface area contributed by atoms with Crippen molar-refractivity contribution in [1.82, 2.24) is 10.6 Å². The Kier molecular flexibility index (Phi) is 7.86. The number of carbonyl (C=O) groups is 4. The SMILES string of the molecule is CCNCCC(=O)Nc1ccc2c(c1)C(=O)c1cc(NC(=O)CCNCC)ccc1C2=O. The predicted octanol–water partition coefficient (Wildman–Crippen LogP) is 2.34. The van der Waals surface area contributed by atoms with Crippen LogP contribution in [0.15, 0.2) is 36.4 Å². The molecule has 32 heavy (non-hydrogen) atoms. The number of rotatable bonds is 10. The topological polar surface area (TPSA) is 116 Å². The third-order valence-corrected chi connectivity index (χ3v) is 5.14. The van der Waals surface area contributed by atoms with Gasteiger partial charge in [0.2, 0.25) is 11.8 Å². The van der Waals surface area contributed by atoms with Crippen LogP contribution in [-0.2, 0) is 9.59 Å². The highest BCUT2D eigenvalue weighted by atomic mass is 16.2. The Bertz CT molecular complexity index is 969. The lowest BCUT2D eigenvalue weighted by Crippen LogP contribution is -2.24. The standard InChI is InChI=1S/C24H28N4O4/c1-3-25-11-9-21(29)27-15-5-7-17-19(13-15)24(32)20-14-16(6-8-18(20)23(17)31)28-22(30)10-12-26-4-2/h5-8,13-14,25-26H,3-4,9-12H2,1-2H3,(H,27,29)(H,28,30). The van der Waals surface area contributed by atoms with Gasteiger partial charge in [-0.2, -0.15) is 0 Å². The molecule has 0 saturated carbocycles. The third-order valence-electron chi connectivity index (χ3n) is 5.14. The molecule has 1 aliphatic carbocycles. The molecule has 0 aliphatic heterocycles. The summed E-state index contributed by atoms with van der Waals surface area (Å²) >= 11 is 0. The maximum absolute atomic E-state index is 13.2. The number of carbonyl (C=O) groups excluding carboxylic acids is 4. The van der Waals surface area contributed by atoms with E-state index in [0.717, 1.165) is 13.1 Å². The van der Waals surface area contributed by atoms with Crippen LogP contribution in [0.5, 0.6) is 0 Å². The molecule has 4 N–H and O–H groups in total. The molecule has 0 heterocycles. The minimum absolute atomic E-state index is 0.177. The van der Waals surface area contributed by atoms with Crippen molar-refractivity contribution < 1.29 is 19.2 Å². The Hall–Kier alpha value is -3.36. The molecule has 0 aromatic heterocycles. The Labute approximate surface area is 187 Å². The smallest absolute Gasteiger partial charge is 0.225 e. The van der Waals surface area contributed by atoms with E-state index in [9.17, 15) is 19.2 Å². The highest BCUT2D eigenvalue weighted by Gasteiger charge is 2.30. The van der Waals surface area contributed by atoms with Crippen molar-refractivity contribution in [3.05, 3.63) is 58.7 Å². The van der Waals surface area contributed by atoms with Gasteiger partial charge < -0.3 is 21.3 Å². The Morgan fingerprint density at radius 2 is 1.06 bits per heavy atom. The fraction of sp³-hybridized carbons (Fsp3) is 0.333. The lowest BCUT2D eigenvalue weighted by Gasteiger charge is -2.19. The quantitative estimate of drug-likeness (QED) is 0.363. The molecule has 1 aliphatic rings. The predicted molar refractivity (Wildman–Crippen MR) is 123 cm³/mol. The second-order valence-corrected chi connectivity index (χ2v) is 7.48. The molecule has 0 fully saturated rings. The zero-order valence-corrected chi connectivity index (χ0v) is 18.3. The summed E-state index contributed by atoms with van der Waals surface area (Å²) in [5.74, 6) is -0.932. The van der Waals surface area contributed by atoms with E-state index in [4.69, 9.17) is 0 Å². The lowest BCUT2D eigenvalue weighted by molar-refractivity contribution is -0.116. The van der Waals surface area contributed by atoms with Crippen molar-refractivity contribution >= 4 is 34.8 Å². The number of fused-ring (bicyclic) bond motifs is 2. The molecule has 8 heteroatoms. The van der Waals surface area contributed by atoms with E-state index < -0.39 is 0 Å². The first-order valence-corrected chi connectivity index (χ1v) is 10.8. The van der Waals surface area contributed by atoms with Crippen molar-refractivity contribution in [2.45, 2.75) is 26.7 Å². The third kappa shape index (κ3) is 5.46. The minimum Gasteiger partial charge on any atom is -0.326 e. The molecule has 8 nitrogen and oxygen atoms in total. The molecule has 0 bridgehead atoms. The number of nitrogens with one attached hydrogen (secondary N) is 4. The van der Waals surface area contributed by atoms with Crippen LogP contribution in [-0.4, -0.2) is 49.6 Å². The van der Waals surface area contributed by atoms with Crippen molar-refractivity contribution in [2.75, 3.05) is 36.8 Å². The molecular weight excluding hydrogens is 408 g/mol. The zero-order chi connectivity index (χ0) is 23.1. The molecule has 2 aromatic carbocycles. The summed E-state index contributed by atoms with van der Waals surface area (Å²) in [6.07, 6.45) is 0.606. The molecule has 168 valence electrons. The molecule has 2 aromatic rings. The van der Waals surface area contributed by atoms with Crippen LogP contribution in [0.1, 0.15) is 58.5 Å². The van der Waals surface area contributed by atoms with Crippen LogP contribution in [0.2, 0.25) is 0 Å². The maximum atomic E-state index is 13.2. The van der Waals surface area contributed by atoms with Crippen LogP contribution in [0.3, 0.4) is 0 Å². The fourth-order valence-electron chi connectivity index (χ4n) is 3.51. The summed E-state index contributed by atoms with van der Waals surface area (Å²) in [4.78, 5) is 50.3. The monoisotopic (exact) mass is 436 g/mol. The molecule has 2 amide bonds. The molecule has 0 spiro atoms. The van der Waals surface area contributed by atoms with E-state index in [1.54, 1.807) is 24.3 Å². The van der Waals surface area contributed by atoms with Gasteiger partial charge in [0.05, 0.1) is 0 Å². The first kappa shape index (κ1) is 23.3. The first-order valence-electron chi connectivity index (χ1n) is 10.8. The summed E-state index contributed by atoms with van der Waals surface area (Å²) < 4.78 is 0. The normalized spacial score (nSPS) is 12.2. The fourth-order valence-corrected chi connectivity index (χ4v) is 3.51. The van der Waals surface area contributed by atoms with Gasteiger partial charge in [0.15, 0.2) is 11.6 Å². The summed E-state index contributed by atoms with van der Waals surface area (Å²) in [5.41, 5.74) is 2.00. The molecule has 0 atom stereocenters. The largest absolute Gasteiger partial charge is 0.326 e. The number of amides is 2. The minimum atomic E-state index is -0.318. The van der Waals surface area contributed by atoms with Gasteiger partial charge in [0.25, 0.3) is 0 Å². The zero-order valence-electron chi connectivity index (χ0n) is 18.3. The van der Waals surface area contributed by atoms with Gasteiger partial charge in [-0.1, -0.05) is 13.8 Å². The van der Waals surface area contributed by atoms with E-state index in [1.165, 1.54) is 12.1 Å². The van der Waals surface area contributed by atoms with Crippen molar-refractivity contribution in [3.63, 3.8) is 0 Å². The summed E-state index contributed by atoms with van der Waals surface area (Å²) in [6, 6.07) is 9.44. The number of ketones is 2. The van der Waals surface area contributed by atoms with E-state index in [-0.39, 0.29) is 34.5 Å². The van der Waals surface area contributed by atoms with Gasteiger partial charge in [0.1, 0.15) is 0 Å². The second-order valence-electron chi connectivity index (χ2n) is 7.48. The van der Waals surface area contributed by atoms with E-state index >= 15 is 0 Å². The van der Waals surface area contributed by atoms with Crippen LogP contribution in [0.25, 0.3) is 0 Å². The summed E-state index contributed by atoms with van der Waals surface area (Å²) in [6.45, 7) is 6.59. The highest BCUT2D eigenvalue weighted by molar-refractivity contribution is 6.29. The molecule has 0 saturated heterocycles. The van der Waals surface area contributed by atoms with Gasteiger partial charge in [-0.25, -0.2) is 0 Å². The number of benzene rings is 2. The lowest BCUT2D eigenvalue weighted by atomic mass is 9.83. The van der Waals surface area contributed by atoms with Crippen LogP contribution < -0.4 is 21.3 Å². The average Bonchev–Trinajstić information content (AvgIpc) is 2.78. The van der Waals surface area contributed by atoms with Crippen molar-refractivity contribution in [3.8, 4) is 0 Å². The second kappa shape index (κ2) is 10.8. The maximum Gasteiger partial charge on any atom is 0.225 e. The van der Waals surface area contributed by atoms with Gasteiger partial charge in [-0.3, -0.25) is 19.2 Å². The van der Waals surface area contributed by atoms with E-state index in [0.29, 0.717) is 48.4 Å². The number of hydrogen-bond acceptors (Lipinski definition) is 6. The highest BCUT2D eigenvalue weighted by Crippen LogP contribution is 2.31. The van der Waals surface area contributed by atoms with Crippen LogP contribution in [0, 0.1) is 0 Å². The first-order chi connectivity index (χ1) is 15.4. The van der Waals surface area contributed by atoms with Crippen molar-refractivity contribution in [1.29, 1.82) is 0 Å². The summed E-state index contributed by atoms with van der Waals surface area (Å²) in [5, 5.41) is 11.7.